The summed E-state index contributed by atoms with van der Waals surface area (Å²) in [5.74, 6) is 5.59. The lowest BCUT2D eigenvalue weighted by Gasteiger charge is -2.14. The standard InChI is InChI=1S/C13H26N4/c1-3-4-5-6-7-13(16-14)9-8-12-10-15-17(2)11-12/h10-11,13,16H,3-9,14H2,1-2H3. The van der Waals surface area contributed by atoms with Gasteiger partial charge < -0.3 is 0 Å². The molecule has 0 fully saturated rings. The first-order chi connectivity index (χ1) is 8.26. The fraction of sp³-hybridized carbons (Fsp3) is 0.769. The molecule has 0 amide bonds. The molecule has 0 radical (unpaired) electrons. The number of nitrogens with two attached hydrogens (primary N) is 1. The van der Waals surface area contributed by atoms with E-state index in [4.69, 9.17) is 5.84 Å². The van der Waals surface area contributed by atoms with Crippen LogP contribution in [0.4, 0.5) is 0 Å². The number of nitrogens with one attached hydrogen (secondary N) is 1. The summed E-state index contributed by atoms with van der Waals surface area (Å²) in [5, 5.41) is 4.17. The fourth-order valence-electron chi connectivity index (χ4n) is 2.07. The summed E-state index contributed by atoms with van der Waals surface area (Å²) in [5.41, 5.74) is 4.22. The van der Waals surface area contributed by atoms with Crippen LogP contribution in [0.15, 0.2) is 12.4 Å². The molecule has 1 aromatic heterocycles. The molecule has 98 valence electrons. The third-order valence-corrected chi connectivity index (χ3v) is 3.18. The van der Waals surface area contributed by atoms with Gasteiger partial charge in [-0.1, -0.05) is 32.6 Å². The van der Waals surface area contributed by atoms with E-state index in [1.165, 1.54) is 37.7 Å². The zero-order valence-corrected chi connectivity index (χ0v) is 11.2. The highest BCUT2D eigenvalue weighted by Crippen LogP contribution is 2.10. The van der Waals surface area contributed by atoms with Crippen LogP contribution in [0.25, 0.3) is 0 Å². The quantitative estimate of drug-likeness (QED) is 0.394. The number of hydrazine groups is 1. The topological polar surface area (TPSA) is 55.9 Å². The van der Waals surface area contributed by atoms with E-state index in [1.807, 2.05) is 17.9 Å². The maximum Gasteiger partial charge on any atom is 0.0521 e. The summed E-state index contributed by atoms with van der Waals surface area (Å²) in [7, 11) is 1.95. The smallest absolute Gasteiger partial charge is 0.0521 e. The molecule has 1 aromatic rings. The Morgan fingerprint density at radius 1 is 1.35 bits per heavy atom. The number of unbranched alkanes of at least 4 members (excludes halogenated alkanes) is 3. The van der Waals surface area contributed by atoms with Crippen molar-refractivity contribution in [1.29, 1.82) is 0 Å². The van der Waals surface area contributed by atoms with Gasteiger partial charge in [-0.05, 0) is 24.8 Å². The van der Waals surface area contributed by atoms with Gasteiger partial charge in [0.1, 0.15) is 0 Å². The molecule has 0 bridgehead atoms. The Kier molecular flexibility index (Phi) is 6.89. The lowest BCUT2D eigenvalue weighted by molar-refractivity contribution is 0.441. The van der Waals surface area contributed by atoms with Gasteiger partial charge in [0.15, 0.2) is 0 Å². The number of hydrogen-bond acceptors (Lipinski definition) is 3. The van der Waals surface area contributed by atoms with Crippen molar-refractivity contribution in [2.24, 2.45) is 12.9 Å². The molecule has 0 aliphatic carbocycles. The van der Waals surface area contributed by atoms with Gasteiger partial charge in [-0.25, -0.2) is 0 Å². The zero-order valence-electron chi connectivity index (χ0n) is 11.2. The minimum atomic E-state index is 0.437. The fourth-order valence-corrected chi connectivity index (χ4v) is 2.07. The Morgan fingerprint density at radius 3 is 2.76 bits per heavy atom. The summed E-state index contributed by atoms with van der Waals surface area (Å²) in [6, 6.07) is 0.437. The second kappa shape index (κ2) is 8.25. The van der Waals surface area contributed by atoms with Crippen LogP contribution in [0.1, 0.15) is 51.0 Å². The van der Waals surface area contributed by atoms with Crippen molar-refractivity contribution >= 4 is 0 Å². The first-order valence-electron chi connectivity index (χ1n) is 6.70. The molecule has 1 unspecified atom stereocenters. The van der Waals surface area contributed by atoms with E-state index < -0.39 is 0 Å². The van der Waals surface area contributed by atoms with Gasteiger partial charge in [0.25, 0.3) is 0 Å². The number of nitrogens with zero attached hydrogens (tertiary/aromatic N) is 2. The van der Waals surface area contributed by atoms with Crippen LogP contribution in [0, 0.1) is 0 Å². The first-order valence-corrected chi connectivity index (χ1v) is 6.70. The maximum absolute atomic E-state index is 5.59. The van der Waals surface area contributed by atoms with E-state index in [2.05, 4.69) is 23.6 Å². The predicted octanol–water partition coefficient (Wildman–Crippen LogP) is 2.15. The maximum atomic E-state index is 5.59. The van der Waals surface area contributed by atoms with E-state index in [9.17, 15) is 0 Å². The van der Waals surface area contributed by atoms with Gasteiger partial charge in [-0.3, -0.25) is 16.0 Å². The Morgan fingerprint density at radius 2 is 2.18 bits per heavy atom. The van der Waals surface area contributed by atoms with Crippen molar-refractivity contribution in [3.05, 3.63) is 18.0 Å². The molecule has 0 aliphatic heterocycles. The highest BCUT2D eigenvalue weighted by molar-refractivity contribution is 5.03. The normalized spacial score (nSPS) is 12.9. The van der Waals surface area contributed by atoms with Gasteiger partial charge in [0.2, 0.25) is 0 Å². The molecule has 17 heavy (non-hydrogen) atoms. The lowest BCUT2D eigenvalue weighted by Crippen LogP contribution is -2.35. The van der Waals surface area contributed by atoms with Crippen molar-refractivity contribution in [2.45, 2.75) is 57.9 Å². The third kappa shape index (κ3) is 5.84. The minimum Gasteiger partial charge on any atom is -0.276 e. The second-order valence-corrected chi connectivity index (χ2v) is 4.77. The predicted molar refractivity (Wildman–Crippen MR) is 71.4 cm³/mol. The molecule has 1 rings (SSSR count). The van der Waals surface area contributed by atoms with Gasteiger partial charge in [-0.15, -0.1) is 0 Å². The van der Waals surface area contributed by atoms with Crippen molar-refractivity contribution in [1.82, 2.24) is 15.2 Å². The molecule has 4 heteroatoms. The van der Waals surface area contributed by atoms with Gasteiger partial charge >= 0.3 is 0 Å². The van der Waals surface area contributed by atoms with E-state index in [1.54, 1.807) is 0 Å². The Hall–Kier alpha value is -0.870. The Balaban J connectivity index is 2.18. The molecule has 1 heterocycles. The Bertz CT molecular complexity index is 295. The molecule has 0 saturated carbocycles. The van der Waals surface area contributed by atoms with Crippen molar-refractivity contribution < 1.29 is 0 Å². The molecular formula is C13H26N4. The van der Waals surface area contributed by atoms with Crippen LogP contribution in [0.5, 0.6) is 0 Å². The van der Waals surface area contributed by atoms with Gasteiger partial charge in [0, 0.05) is 19.3 Å². The summed E-state index contributed by atoms with van der Waals surface area (Å²) in [6.07, 6.45) is 12.5. The highest BCUT2D eigenvalue weighted by Gasteiger charge is 2.07. The van der Waals surface area contributed by atoms with Crippen molar-refractivity contribution in [3.8, 4) is 0 Å². The second-order valence-electron chi connectivity index (χ2n) is 4.77. The number of aryl methyl sites for hydroxylation is 2. The van der Waals surface area contributed by atoms with Crippen LogP contribution in [0.2, 0.25) is 0 Å². The summed E-state index contributed by atoms with van der Waals surface area (Å²) >= 11 is 0. The molecule has 1 atom stereocenters. The summed E-state index contributed by atoms with van der Waals surface area (Å²) in [4.78, 5) is 0. The van der Waals surface area contributed by atoms with Crippen LogP contribution < -0.4 is 11.3 Å². The minimum absolute atomic E-state index is 0.437. The van der Waals surface area contributed by atoms with Gasteiger partial charge in [-0.2, -0.15) is 5.10 Å². The molecular weight excluding hydrogens is 212 g/mol. The Labute approximate surface area is 105 Å². The number of hydrogen-bond donors (Lipinski definition) is 2. The molecule has 0 aromatic carbocycles. The number of aromatic nitrogens is 2. The van der Waals surface area contributed by atoms with Crippen molar-refractivity contribution in [2.75, 3.05) is 0 Å². The third-order valence-electron chi connectivity index (χ3n) is 3.18. The first kappa shape index (κ1) is 14.2. The van der Waals surface area contributed by atoms with Gasteiger partial charge in [0.05, 0.1) is 6.20 Å². The highest BCUT2D eigenvalue weighted by atomic mass is 15.2. The lowest BCUT2D eigenvalue weighted by atomic mass is 10.0. The molecule has 4 nitrogen and oxygen atoms in total. The zero-order chi connectivity index (χ0) is 12.5. The van der Waals surface area contributed by atoms with E-state index in [0.29, 0.717) is 6.04 Å². The van der Waals surface area contributed by atoms with E-state index in [-0.39, 0.29) is 0 Å². The SMILES string of the molecule is CCCCCCC(CCc1cnn(C)c1)NN. The average molecular weight is 238 g/mol. The number of rotatable bonds is 9. The largest absolute Gasteiger partial charge is 0.276 e. The molecule has 0 saturated heterocycles. The monoisotopic (exact) mass is 238 g/mol. The summed E-state index contributed by atoms with van der Waals surface area (Å²) < 4.78 is 1.85. The van der Waals surface area contributed by atoms with Crippen molar-refractivity contribution in [3.63, 3.8) is 0 Å². The average Bonchev–Trinajstić information content (AvgIpc) is 2.74. The van der Waals surface area contributed by atoms with E-state index >= 15 is 0 Å². The van der Waals surface area contributed by atoms with E-state index in [0.717, 1.165) is 12.8 Å². The molecule has 3 N–H and O–H groups in total. The molecule has 0 aliphatic rings. The summed E-state index contributed by atoms with van der Waals surface area (Å²) in [6.45, 7) is 2.24. The molecule has 0 spiro atoms. The van der Waals surface area contributed by atoms with Crippen LogP contribution in [-0.2, 0) is 13.5 Å². The van der Waals surface area contributed by atoms with Crippen LogP contribution in [0.3, 0.4) is 0 Å². The van der Waals surface area contributed by atoms with Crippen LogP contribution in [-0.4, -0.2) is 15.8 Å². The van der Waals surface area contributed by atoms with Crippen LogP contribution >= 0.6 is 0 Å².